The van der Waals surface area contributed by atoms with Crippen LogP contribution in [0.3, 0.4) is 0 Å². The Balaban J connectivity index is 1.50. The van der Waals surface area contributed by atoms with Crippen molar-refractivity contribution in [3.63, 3.8) is 0 Å². The minimum absolute atomic E-state index is 0.105. The average Bonchev–Trinajstić information content (AvgIpc) is 3.48. The summed E-state index contributed by atoms with van der Waals surface area (Å²) in [5.41, 5.74) is 5.53. The lowest BCUT2D eigenvalue weighted by molar-refractivity contribution is 0.0949. The zero-order valence-electron chi connectivity index (χ0n) is 17.5. The van der Waals surface area contributed by atoms with Crippen molar-refractivity contribution in [2.45, 2.75) is 46.2 Å². The number of aromatic nitrogens is 2. The number of carbonyl (C=O) groups is 2. The summed E-state index contributed by atoms with van der Waals surface area (Å²) in [7, 11) is 0. The number of hydrogen-bond acceptors (Lipinski definition) is 3. The minimum atomic E-state index is -0.222. The number of nitrogens with one attached hydrogen (secondary N) is 2. The summed E-state index contributed by atoms with van der Waals surface area (Å²) in [4.78, 5) is 25.2. The van der Waals surface area contributed by atoms with Crippen LogP contribution in [0.25, 0.3) is 0 Å². The van der Waals surface area contributed by atoms with E-state index in [1.807, 2.05) is 18.5 Å². The molecule has 2 amide bonds. The molecule has 0 radical (unpaired) electrons. The maximum absolute atomic E-state index is 13.0. The number of anilines is 1. The molecule has 1 aromatic heterocycles. The highest BCUT2D eigenvalue weighted by Crippen LogP contribution is 2.21. The second-order valence-corrected chi connectivity index (χ2v) is 7.97. The van der Waals surface area contributed by atoms with Crippen molar-refractivity contribution >= 4 is 17.5 Å². The predicted molar refractivity (Wildman–Crippen MR) is 117 cm³/mol. The van der Waals surface area contributed by atoms with Gasteiger partial charge in [0.15, 0.2) is 0 Å². The maximum Gasteiger partial charge on any atom is 0.259 e. The third kappa shape index (κ3) is 4.43. The summed E-state index contributed by atoms with van der Waals surface area (Å²) < 4.78 is 1.86. The summed E-state index contributed by atoms with van der Waals surface area (Å²) in [5.74, 6) is -0.327. The molecule has 4 rings (SSSR count). The molecule has 2 N–H and O–H groups in total. The van der Waals surface area contributed by atoms with Gasteiger partial charge in [-0.05, 0) is 57.4 Å². The highest BCUT2D eigenvalue weighted by atomic mass is 16.2. The van der Waals surface area contributed by atoms with E-state index in [1.54, 1.807) is 24.3 Å². The van der Waals surface area contributed by atoms with Crippen molar-refractivity contribution in [3.8, 4) is 0 Å². The molecule has 1 aliphatic rings. The first-order chi connectivity index (χ1) is 14.4. The Hall–Kier alpha value is -3.41. The first-order valence-electron chi connectivity index (χ1n) is 10.2. The van der Waals surface area contributed by atoms with Crippen LogP contribution in [-0.2, 0) is 6.54 Å². The highest BCUT2D eigenvalue weighted by molar-refractivity contribution is 6.06. The molecule has 30 heavy (non-hydrogen) atoms. The fourth-order valence-electron chi connectivity index (χ4n) is 3.47. The van der Waals surface area contributed by atoms with Crippen LogP contribution in [0.2, 0.25) is 0 Å². The summed E-state index contributed by atoms with van der Waals surface area (Å²) in [5, 5.41) is 10.4. The van der Waals surface area contributed by atoms with Crippen LogP contribution < -0.4 is 10.6 Å². The summed E-state index contributed by atoms with van der Waals surface area (Å²) >= 11 is 0. The number of hydrogen-bond donors (Lipinski definition) is 2. The Morgan fingerprint density at radius 3 is 2.47 bits per heavy atom. The van der Waals surface area contributed by atoms with Crippen LogP contribution in [-0.4, -0.2) is 27.6 Å². The van der Waals surface area contributed by atoms with Crippen molar-refractivity contribution < 1.29 is 9.59 Å². The van der Waals surface area contributed by atoms with Gasteiger partial charge in [0.05, 0.1) is 17.8 Å². The van der Waals surface area contributed by atoms with Crippen molar-refractivity contribution in [3.05, 3.63) is 82.2 Å². The molecular weight excluding hydrogens is 376 g/mol. The SMILES string of the molecule is Cc1ccc(Cn2nc(C)c(C(=O)Nc3cccc(C(=O)NC4CC4)c3)c2C)cc1. The number of carbonyl (C=O) groups excluding carboxylic acids is 2. The molecule has 0 spiro atoms. The van der Waals surface area contributed by atoms with Gasteiger partial charge in [0, 0.05) is 23.0 Å². The Morgan fingerprint density at radius 2 is 1.77 bits per heavy atom. The molecular formula is C24H26N4O2. The fraction of sp³-hybridized carbons (Fsp3) is 0.292. The molecule has 3 aromatic rings. The van der Waals surface area contributed by atoms with E-state index in [-0.39, 0.29) is 11.8 Å². The quantitative estimate of drug-likeness (QED) is 0.654. The molecule has 0 atom stereocenters. The monoisotopic (exact) mass is 402 g/mol. The van der Waals surface area contributed by atoms with Gasteiger partial charge in [-0.25, -0.2) is 0 Å². The Morgan fingerprint density at radius 1 is 1.03 bits per heavy atom. The Kier molecular flexibility index (Phi) is 5.40. The fourth-order valence-corrected chi connectivity index (χ4v) is 3.47. The molecule has 6 nitrogen and oxygen atoms in total. The molecule has 1 aliphatic carbocycles. The smallest absolute Gasteiger partial charge is 0.259 e. The van der Waals surface area contributed by atoms with E-state index in [1.165, 1.54) is 5.56 Å². The van der Waals surface area contributed by atoms with Gasteiger partial charge >= 0.3 is 0 Å². The van der Waals surface area contributed by atoms with Crippen molar-refractivity contribution in [1.29, 1.82) is 0 Å². The van der Waals surface area contributed by atoms with E-state index in [4.69, 9.17) is 0 Å². The van der Waals surface area contributed by atoms with Gasteiger partial charge in [-0.3, -0.25) is 14.3 Å². The van der Waals surface area contributed by atoms with Crippen LogP contribution >= 0.6 is 0 Å². The minimum Gasteiger partial charge on any atom is -0.349 e. The number of nitrogens with zero attached hydrogens (tertiary/aromatic N) is 2. The molecule has 0 aliphatic heterocycles. The van der Waals surface area contributed by atoms with Crippen LogP contribution in [0.15, 0.2) is 48.5 Å². The topological polar surface area (TPSA) is 76.0 Å². The van der Waals surface area contributed by atoms with Gasteiger partial charge in [-0.1, -0.05) is 35.9 Å². The molecule has 154 valence electrons. The second kappa shape index (κ2) is 8.14. The third-order valence-corrected chi connectivity index (χ3v) is 5.36. The lowest BCUT2D eigenvalue weighted by atomic mass is 10.1. The van der Waals surface area contributed by atoms with Crippen LogP contribution in [0, 0.1) is 20.8 Å². The van der Waals surface area contributed by atoms with Gasteiger partial charge in [0.1, 0.15) is 0 Å². The van der Waals surface area contributed by atoms with Crippen molar-refractivity contribution in [1.82, 2.24) is 15.1 Å². The zero-order valence-corrected chi connectivity index (χ0v) is 17.5. The molecule has 0 saturated heterocycles. The normalized spacial score (nSPS) is 13.2. The molecule has 0 bridgehead atoms. The van der Waals surface area contributed by atoms with Crippen LogP contribution in [0.1, 0.15) is 56.1 Å². The van der Waals surface area contributed by atoms with Gasteiger partial charge in [0.2, 0.25) is 0 Å². The van der Waals surface area contributed by atoms with E-state index in [9.17, 15) is 9.59 Å². The number of aryl methyl sites for hydroxylation is 2. The maximum atomic E-state index is 13.0. The largest absolute Gasteiger partial charge is 0.349 e. The Bertz CT molecular complexity index is 1090. The second-order valence-electron chi connectivity index (χ2n) is 7.97. The molecule has 1 saturated carbocycles. The van der Waals surface area contributed by atoms with Gasteiger partial charge in [-0.15, -0.1) is 0 Å². The first kappa shape index (κ1) is 19.9. The van der Waals surface area contributed by atoms with Crippen LogP contribution in [0.5, 0.6) is 0 Å². The first-order valence-corrected chi connectivity index (χ1v) is 10.2. The van der Waals surface area contributed by atoms with E-state index < -0.39 is 0 Å². The molecule has 1 heterocycles. The van der Waals surface area contributed by atoms with E-state index in [0.717, 1.165) is 24.1 Å². The van der Waals surface area contributed by atoms with Gasteiger partial charge < -0.3 is 10.6 Å². The molecule has 2 aromatic carbocycles. The summed E-state index contributed by atoms with van der Waals surface area (Å²) in [6.07, 6.45) is 2.07. The van der Waals surface area contributed by atoms with Crippen LogP contribution in [0.4, 0.5) is 5.69 Å². The summed E-state index contributed by atoms with van der Waals surface area (Å²) in [6.45, 7) is 6.41. The lowest BCUT2D eigenvalue weighted by Gasteiger charge is -2.09. The zero-order chi connectivity index (χ0) is 21.3. The number of amides is 2. The summed E-state index contributed by atoms with van der Waals surface area (Å²) in [6, 6.07) is 15.6. The predicted octanol–water partition coefficient (Wildman–Crippen LogP) is 4.00. The molecule has 1 fully saturated rings. The van der Waals surface area contributed by atoms with Crippen molar-refractivity contribution in [2.75, 3.05) is 5.32 Å². The number of benzene rings is 2. The molecule has 6 heteroatoms. The lowest BCUT2D eigenvalue weighted by Crippen LogP contribution is -2.25. The Labute approximate surface area is 176 Å². The standard InChI is InChI=1S/C24H26N4O2/c1-15-7-9-18(10-8-15)14-28-17(3)22(16(2)27-28)24(30)26-21-6-4-5-19(13-21)23(29)25-20-11-12-20/h4-10,13,20H,11-12,14H2,1-3H3,(H,25,29)(H,26,30). The van der Waals surface area contributed by atoms with Gasteiger partial charge in [0.25, 0.3) is 11.8 Å². The number of rotatable bonds is 6. The van der Waals surface area contributed by atoms with E-state index in [0.29, 0.717) is 35.1 Å². The average molecular weight is 402 g/mol. The van der Waals surface area contributed by atoms with Crippen molar-refractivity contribution in [2.24, 2.45) is 0 Å². The molecule has 0 unspecified atom stereocenters. The third-order valence-electron chi connectivity index (χ3n) is 5.36. The van der Waals surface area contributed by atoms with E-state index >= 15 is 0 Å². The van der Waals surface area contributed by atoms with Gasteiger partial charge in [-0.2, -0.15) is 5.10 Å². The highest BCUT2D eigenvalue weighted by Gasteiger charge is 2.24. The van der Waals surface area contributed by atoms with E-state index in [2.05, 4.69) is 46.9 Å².